The molecule has 0 radical (unpaired) electrons. The second-order valence-electron chi connectivity index (χ2n) is 8.04. The van der Waals surface area contributed by atoms with Gasteiger partial charge in [-0.15, -0.1) is 5.10 Å². The lowest BCUT2D eigenvalue weighted by molar-refractivity contribution is -0.146. The molecule has 9 heteroatoms. The molecule has 2 atom stereocenters. The molecule has 0 spiro atoms. The van der Waals surface area contributed by atoms with E-state index in [1.54, 1.807) is 36.5 Å². The van der Waals surface area contributed by atoms with Crippen LogP contribution in [-0.4, -0.2) is 42.3 Å². The molecule has 8 nitrogen and oxygen atoms in total. The Morgan fingerprint density at radius 3 is 2.44 bits per heavy atom. The molecule has 0 unspecified atom stereocenters. The van der Waals surface area contributed by atoms with Gasteiger partial charge in [-0.25, -0.2) is 9.67 Å². The maximum atomic E-state index is 12.6. The van der Waals surface area contributed by atoms with Gasteiger partial charge in [-0.3, -0.25) is 9.59 Å². The van der Waals surface area contributed by atoms with Crippen LogP contribution in [0.25, 0.3) is 22.0 Å². The minimum atomic E-state index is -1.11. The molecule has 174 valence electrons. The first kappa shape index (κ1) is 23.5. The van der Waals surface area contributed by atoms with Crippen molar-refractivity contribution in [3.05, 3.63) is 87.9 Å². The minimum absolute atomic E-state index is 0.0501. The van der Waals surface area contributed by atoms with Crippen molar-refractivity contribution in [2.45, 2.75) is 31.9 Å². The average Bonchev–Trinajstić information content (AvgIpc) is 2.85. The summed E-state index contributed by atoms with van der Waals surface area (Å²) >= 11 is 5.83. The number of hydrogen-bond acceptors (Lipinski definition) is 6. The van der Waals surface area contributed by atoms with Crippen LogP contribution < -0.4 is 5.56 Å². The van der Waals surface area contributed by atoms with Gasteiger partial charge in [0.2, 0.25) is 0 Å². The van der Waals surface area contributed by atoms with Gasteiger partial charge in [-0.1, -0.05) is 53.2 Å². The van der Waals surface area contributed by atoms with Crippen LogP contribution in [0.2, 0.25) is 5.15 Å². The van der Waals surface area contributed by atoms with Crippen LogP contribution in [-0.2, 0) is 17.8 Å². The van der Waals surface area contributed by atoms with Crippen LogP contribution in [0.3, 0.4) is 0 Å². The minimum Gasteiger partial charge on any atom is -0.481 e. The Morgan fingerprint density at radius 1 is 1.00 bits per heavy atom. The number of carboxylic acid groups (broad SMARTS) is 1. The first-order valence-corrected chi connectivity index (χ1v) is 11.2. The number of nitrogens with zero attached hydrogens (tertiary/aromatic N) is 4. The summed E-state index contributed by atoms with van der Waals surface area (Å²) < 4.78 is 1.15. The van der Waals surface area contributed by atoms with Crippen LogP contribution in [0.5, 0.6) is 0 Å². The highest BCUT2D eigenvalue weighted by Gasteiger charge is 2.26. The molecule has 34 heavy (non-hydrogen) atoms. The molecular formula is C25H23ClN4O4. The summed E-state index contributed by atoms with van der Waals surface area (Å²) in [6, 6.07) is 18.2. The van der Waals surface area contributed by atoms with Crippen molar-refractivity contribution in [3.63, 3.8) is 0 Å². The van der Waals surface area contributed by atoms with Crippen LogP contribution in [0, 0.1) is 5.92 Å². The fourth-order valence-electron chi connectivity index (χ4n) is 3.84. The fourth-order valence-corrected chi connectivity index (χ4v) is 3.95. The van der Waals surface area contributed by atoms with Gasteiger partial charge in [-0.2, -0.15) is 0 Å². The monoisotopic (exact) mass is 478 g/mol. The van der Waals surface area contributed by atoms with Crippen molar-refractivity contribution in [2.24, 2.45) is 5.92 Å². The Labute approximate surface area is 200 Å². The molecule has 4 rings (SSSR count). The molecule has 2 heterocycles. The third-order valence-corrected chi connectivity index (χ3v) is 6.03. The Balaban J connectivity index is 1.37. The fraction of sp³-hybridized carbons (Fsp3) is 0.240. The number of aromatic nitrogens is 4. The predicted octanol–water partition coefficient (Wildman–Crippen LogP) is 3.59. The topological polar surface area (TPSA) is 118 Å². The van der Waals surface area contributed by atoms with E-state index >= 15 is 0 Å². The van der Waals surface area contributed by atoms with E-state index in [1.807, 2.05) is 30.3 Å². The summed E-state index contributed by atoms with van der Waals surface area (Å²) in [4.78, 5) is 28.5. The smallest absolute Gasteiger partial charge is 0.309 e. The molecule has 0 saturated carbocycles. The number of aliphatic hydroxyl groups excluding tert-OH is 1. The second kappa shape index (κ2) is 10.5. The van der Waals surface area contributed by atoms with Crippen LogP contribution >= 0.6 is 11.6 Å². The summed E-state index contributed by atoms with van der Waals surface area (Å²) in [6.45, 7) is 0.0501. The number of fused-ring (bicyclic) bond motifs is 1. The zero-order chi connectivity index (χ0) is 24.1. The largest absolute Gasteiger partial charge is 0.481 e. The molecule has 0 aliphatic rings. The van der Waals surface area contributed by atoms with E-state index in [-0.39, 0.29) is 24.9 Å². The highest BCUT2D eigenvalue weighted by Crippen LogP contribution is 2.22. The van der Waals surface area contributed by atoms with E-state index in [2.05, 4.69) is 15.3 Å². The average molecular weight is 479 g/mol. The summed E-state index contributed by atoms with van der Waals surface area (Å²) in [5, 5.41) is 29.0. The van der Waals surface area contributed by atoms with Crippen molar-refractivity contribution in [3.8, 4) is 11.1 Å². The molecule has 0 aliphatic carbocycles. The van der Waals surface area contributed by atoms with E-state index in [1.165, 1.54) is 0 Å². The normalized spacial score (nSPS) is 13.0. The molecule has 4 aromatic rings. The van der Waals surface area contributed by atoms with Gasteiger partial charge in [0.1, 0.15) is 10.7 Å². The molecule has 2 aromatic carbocycles. The maximum Gasteiger partial charge on any atom is 0.309 e. The van der Waals surface area contributed by atoms with Crippen molar-refractivity contribution >= 4 is 28.5 Å². The van der Waals surface area contributed by atoms with Crippen LogP contribution in [0.1, 0.15) is 18.4 Å². The van der Waals surface area contributed by atoms with E-state index in [0.717, 1.165) is 21.4 Å². The molecule has 0 saturated heterocycles. The van der Waals surface area contributed by atoms with Crippen molar-refractivity contribution in [1.82, 2.24) is 20.0 Å². The molecule has 2 N–H and O–H groups in total. The van der Waals surface area contributed by atoms with Gasteiger partial charge in [-0.05, 0) is 54.7 Å². The lowest BCUT2D eigenvalue weighted by Crippen LogP contribution is -2.32. The number of aliphatic hydroxyl groups is 1. The molecule has 0 fully saturated rings. The number of carboxylic acids is 1. The van der Waals surface area contributed by atoms with Gasteiger partial charge in [0.25, 0.3) is 5.56 Å². The van der Waals surface area contributed by atoms with E-state index < -0.39 is 18.0 Å². The SMILES string of the molecule is O=C(O)[C@@H](CCn1nnc2ccccc2c1=O)[C@H](O)CCc1ccc(-c2ccc(Cl)nc2)cc1. The van der Waals surface area contributed by atoms with E-state index in [9.17, 15) is 19.8 Å². The van der Waals surface area contributed by atoms with Gasteiger partial charge in [0, 0.05) is 18.3 Å². The number of carbonyl (C=O) groups is 1. The lowest BCUT2D eigenvalue weighted by Gasteiger charge is -2.19. The third kappa shape index (κ3) is 5.47. The summed E-state index contributed by atoms with van der Waals surface area (Å²) in [5.74, 6) is -2.14. The number of pyridine rings is 1. The predicted molar refractivity (Wildman–Crippen MR) is 129 cm³/mol. The molecule has 2 aromatic heterocycles. The Hall–Kier alpha value is -3.62. The zero-order valence-corrected chi connectivity index (χ0v) is 19.0. The van der Waals surface area contributed by atoms with Crippen LogP contribution in [0.4, 0.5) is 0 Å². The standard InChI is InChI=1S/C25H23ClN4O4/c26-23-12-10-18(15-27-23)17-8-5-16(6-9-17)7-11-22(31)20(25(33)34)13-14-30-24(32)19-3-1-2-4-21(19)28-29-30/h1-6,8-10,12,15,20,22,31H,7,11,13-14H2,(H,33,34)/t20-,22+/m0/s1. The van der Waals surface area contributed by atoms with Crippen molar-refractivity contribution < 1.29 is 15.0 Å². The molecular weight excluding hydrogens is 456 g/mol. The zero-order valence-electron chi connectivity index (χ0n) is 18.2. The van der Waals surface area contributed by atoms with Crippen molar-refractivity contribution in [2.75, 3.05) is 0 Å². The number of aliphatic carboxylic acids is 1. The first-order valence-electron chi connectivity index (χ1n) is 10.9. The van der Waals surface area contributed by atoms with E-state index in [4.69, 9.17) is 11.6 Å². The van der Waals surface area contributed by atoms with Crippen molar-refractivity contribution in [1.29, 1.82) is 0 Å². The van der Waals surface area contributed by atoms with Crippen LogP contribution in [0.15, 0.2) is 71.7 Å². The molecule has 0 amide bonds. The van der Waals surface area contributed by atoms with Gasteiger partial charge in [0.15, 0.2) is 0 Å². The lowest BCUT2D eigenvalue weighted by atomic mass is 9.93. The first-order chi connectivity index (χ1) is 16.4. The van der Waals surface area contributed by atoms with Gasteiger partial charge in [0.05, 0.1) is 17.4 Å². The van der Waals surface area contributed by atoms with E-state index in [0.29, 0.717) is 22.5 Å². The number of rotatable bonds is 9. The highest BCUT2D eigenvalue weighted by atomic mass is 35.5. The number of hydrogen-bond donors (Lipinski definition) is 2. The summed E-state index contributed by atoms with van der Waals surface area (Å²) in [5.41, 5.74) is 3.05. The number of aryl methyl sites for hydroxylation is 2. The Bertz CT molecular complexity index is 1340. The Kier molecular flexibility index (Phi) is 7.30. The Morgan fingerprint density at radius 2 is 1.74 bits per heavy atom. The molecule has 0 bridgehead atoms. The number of benzene rings is 2. The summed E-state index contributed by atoms with van der Waals surface area (Å²) in [7, 11) is 0. The quantitative estimate of drug-likeness (QED) is 0.353. The van der Waals surface area contributed by atoms with Gasteiger partial charge >= 0.3 is 5.97 Å². The third-order valence-electron chi connectivity index (χ3n) is 5.81. The molecule has 0 aliphatic heterocycles. The highest BCUT2D eigenvalue weighted by molar-refractivity contribution is 6.29. The number of halogens is 1. The summed E-state index contributed by atoms with van der Waals surface area (Å²) in [6.07, 6.45) is 1.48. The maximum absolute atomic E-state index is 12.6. The second-order valence-corrected chi connectivity index (χ2v) is 8.43. The van der Waals surface area contributed by atoms with Gasteiger partial charge < -0.3 is 10.2 Å².